The summed E-state index contributed by atoms with van der Waals surface area (Å²) in [5.74, 6) is 5.98. The van der Waals surface area contributed by atoms with E-state index in [0.717, 1.165) is 93.2 Å². The summed E-state index contributed by atoms with van der Waals surface area (Å²) in [6.07, 6.45) is 0. The summed E-state index contributed by atoms with van der Waals surface area (Å²) in [5.41, 5.74) is 16.4. The molecule has 0 aliphatic heterocycles. The van der Waals surface area contributed by atoms with Gasteiger partial charge in [-0.1, -0.05) is 127 Å². The SMILES string of the molecule is c1ccc(-c2nc(-c3ccc4ccccc4c3)nc(-c3ccc(-c4cccc5c4[se]c4ccccc45)c4ccccc34)n2)cc1.c1ccc2cc(-c3nc(-c4ccc5ccccc5c4)nc(-c4ccc(-c5cccc6c5[se]c5ccccc56)c5ccccc45)n3)ccc2c1.c1ccc2cc(-c3nc(-c4ccc5ccccc5c4)nc(-c4cccc5c(-c6cccc7c6[se]c6ccccc67)cccc45)n3)ccc2c1. The molecule has 6 aromatic heterocycles. The first-order chi connectivity index (χ1) is 70.8. The van der Waals surface area contributed by atoms with Crippen molar-refractivity contribution in [1.82, 2.24) is 44.9 Å². The minimum Gasteiger partial charge on any atom is -0.0544 e. The first-order valence-corrected chi connectivity index (χ1v) is 53.1. The van der Waals surface area contributed by atoms with Gasteiger partial charge in [-0.05, 0) is 26.9 Å². The van der Waals surface area contributed by atoms with E-state index in [1.54, 1.807) is 0 Å². The van der Waals surface area contributed by atoms with Crippen molar-refractivity contribution in [2.24, 2.45) is 0 Å². The van der Waals surface area contributed by atoms with Crippen molar-refractivity contribution in [2.75, 3.05) is 0 Å². The van der Waals surface area contributed by atoms with Gasteiger partial charge in [0.05, 0.1) is 0 Å². The Morgan fingerprint density at radius 2 is 0.308 bits per heavy atom. The van der Waals surface area contributed by atoms with E-state index in [4.69, 9.17) is 44.9 Å². The van der Waals surface area contributed by atoms with Crippen molar-refractivity contribution in [1.29, 1.82) is 0 Å². The van der Waals surface area contributed by atoms with E-state index in [0.29, 0.717) is 52.4 Å². The monoisotopic (exact) mass is 2020 g/mol. The topological polar surface area (TPSA) is 116 Å². The smallest absolute Gasteiger partial charge is 0.0544 e. The van der Waals surface area contributed by atoms with Crippen LogP contribution in [0.3, 0.4) is 0 Å². The van der Waals surface area contributed by atoms with Gasteiger partial charge in [0.15, 0.2) is 0 Å². The van der Waals surface area contributed by atoms with Gasteiger partial charge in [0.2, 0.25) is 0 Å². The second kappa shape index (κ2) is 36.2. The van der Waals surface area contributed by atoms with Crippen LogP contribution >= 0.6 is 0 Å². The van der Waals surface area contributed by atoms with Crippen LogP contribution < -0.4 is 0 Å². The van der Waals surface area contributed by atoms with Gasteiger partial charge in [-0.2, -0.15) is 0 Å². The molecule has 0 aliphatic carbocycles. The van der Waals surface area contributed by atoms with Crippen LogP contribution in [-0.2, 0) is 0 Å². The van der Waals surface area contributed by atoms with E-state index in [-0.39, 0.29) is 43.5 Å². The fourth-order valence-electron chi connectivity index (χ4n) is 20.6. The molecular weight excluding hydrogens is 1940 g/mol. The van der Waals surface area contributed by atoms with E-state index < -0.39 is 0 Å². The number of aromatic nitrogens is 9. The predicted molar refractivity (Wildman–Crippen MR) is 601 cm³/mol. The third-order valence-corrected chi connectivity index (χ3v) is 35.2. The van der Waals surface area contributed by atoms with Crippen molar-refractivity contribution in [3.05, 3.63) is 479 Å². The molecular formula is C131H79N9Se3. The molecule has 143 heavy (non-hydrogen) atoms. The molecule has 9 nitrogen and oxygen atoms in total. The van der Waals surface area contributed by atoms with Gasteiger partial charge in [-0.25, -0.2) is 0 Å². The minimum absolute atomic E-state index is 0.250. The Morgan fingerprint density at radius 1 is 0.112 bits per heavy atom. The van der Waals surface area contributed by atoms with Crippen LogP contribution in [0.15, 0.2) is 479 Å². The number of fused-ring (bicyclic) bond motifs is 17. The van der Waals surface area contributed by atoms with Crippen molar-refractivity contribution >= 4 is 188 Å². The van der Waals surface area contributed by atoms with Gasteiger partial charge < -0.3 is 0 Å². The summed E-state index contributed by atoms with van der Waals surface area (Å²) >= 11 is 0.760. The molecule has 0 aliphatic rings. The van der Waals surface area contributed by atoms with Gasteiger partial charge in [0.25, 0.3) is 0 Å². The Balaban J connectivity index is 0.000000107. The molecule has 6 heterocycles. The Bertz CT molecular complexity index is 9640. The summed E-state index contributed by atoms with van der Waals surface area (Å²) < 4.78 is 8.71. The Kier molecular flexibility index (Phi) is 21.5. The van der Waals surface area contributed by atoms with E-state index in [9.17, 15) is 0 Å². The Hall–Kier alpha value is -17.3. The van der Waals surface area contributed by atoms with E-state index in [1.165, 1.54) is 134 Å². The summed E-state index contributed by atoms with van der Waals surface area (Å²) in [6.45, 7) is 0. The third kappa shape index (κ3) is 15.7. The maximum absolute atomic E-state index is 5.19. The number of nitrogens with zero attached hydrogens (tertiary/aromatic N) is 9. The molecule has 29 rings (SSSR count). The van der Waals surface area contributed by atoms with Gasteiger partial charge >= 0.3 is 693 Å². The maximum atomic E-state index is 5.19. The number of benzene rings is 23. The van der Waals surface area contributed by atoms with Crippen molar-refractivity contribution in [2.45, 2.75) is 0 Å². The fourth-order valence-corrected chi connectivity index (χ4v) is 28.3. The second-order valence-corrected chi connectivity index (χ2v) is 42.7. The van der Waals surface area contributed by atoms with E-state index in [1.807, 2.05) is 18.2 Å². The normalized spacial score (nSPS) is 11.6. The molecule has 0 saturated heterocycles. The zero-order valence-electron chi connectivity index (χ0n) is 76.9. The average molecular weight is 2020 g/mol. The number of hydrogen-bond acceptors (Lipinski definition) is 9. The summed E-state index contributed by atoms with van der Waals surface area (Å²) in [6, 6.07) is 171. The number of hydrogen-bond donors (Lipinski definition) is 0. The van der Waals surface area contributed by atoms with Crippen LogP contribution in [0.25, 0.3) is 280 Å². The standard InChI is InChI=1S/2C45H27N3Se.C41H25N3Se/c1-3-12-30-26-32(24-22-28(30)10-1)43-46-44(33-25-23-29-11-2-4-13-31(29)27-33)48-45(47-43)40-20-8-15-34-35(16-7-17-36(34)40)38-18-9-19-39-37-14-5-6-21-41(37)49-42(38)39;1-3-12-30-26-32(22-20-28(30)10-1)43-46-44(33-23-21-29-11-2-4-13-31(29)27-33)48-45(47-43)40-25-24-36(34-14-5-6-15-35(34)40)38-17-9-18-39-37-16-7-8-19-41(37)49-42(38)39;1-2-12-27(13-3-1)39-42-40(29-22-21-26-11-4-5-14-28(26)25-29)44-41(43-39)36-24-23-32(30-15-6-7-16-31(30)36)34-18-10-19-35-33-17-8-9-20-37(33)45-38(34)35/h2*1-27H;1-25H. The van der Waals surface area contributed by atoms with Gasteiger partial charge in [0.1, 0.15) is 0 Å². The summed E-state index contributed by atoms with van der Waals surface area (Å²) in [5, 5.41) is 26.9. The van der Waals surface area contributed by atoms with Gasteiger partial charge in [0, 0.05) is 0 Å². The Morgan fingerprint density at radius 3 is 0.608 bits per heavy atom. The molecule has 23 aromatic carbocycles. The molecule has 0 amide bonds. The summed E-state index contributed by atoms with van der Waals surface area (Å²) in [7, 11) is 0. The first-order valence-electron chi connectivity index (χ1n) is 47.9. The molecule has 0 spiro atoms. The average Bonchev–Trinajstić information content (AvgIpc) is 1.64. The van der Waals surface area contributed by atoms with Gasteiger partial charge in [-0.15, -0.1) is 0 Å². The van der Waals surface area contributed by atoms with Crippen LogP contribution in [0.1, 0.15) is 0 Å². The molecule has 0 saturated carbocycles. The molecule has 0 unspecified atom stereocenters. The molecule has 12 heteroatoms. The molecule has 0 atom stereocenters. The first kappa shape index (κ1) is 85.0. The predicted octanol–water partition coefficient (Wildman–Crippen LogP) is 32.9. The third-order valence-electron chi connectivity index (χ3n) is 27.6. The zero-order valence-corrected chi connectivity index (χ0v) is 82.0. The fraction of sp³-hybridized carbons (Fsp3) is 0. The van der Waals surface area contributed by atoms with Crippen molar-refractivity contribution in [3.63, 3.8) is 0 Å². The second-order valence-electron chi connectivity index (χ2n) is 36.1. The number of rotatable bonds is 12. The van der Waals surface area contributed by atoms with Crippen LogP contribution in [0.5, 0.6) is 0 Å². The van der Waals surface area contributed by atoms with Gasteiger partial charge in [-0.3, -0.25) is 0 Å². The zero-order chi connectivity index (χ0) is 94.4. The van der Waals surface area contributed by atoms with Crippen LogP contribution in [0.4, 0.5) is 0 Å². The molecule has 0 fully saturated rings. The van der Waals surface area contributed by atoms with Crippen LogP contribution in [0.2, 0.25) is 0 Å². The molecule has 666 valence electrons. The van der Waals surface area contributed by atoms with Crippen molar-refractivity contribution < 1.29 is 0 Å². The Labute approximate surface area is 840 Å². The minimum atomic E-state index is 0.250. The molecule has 29 aromatic rings. The van der Waals surface area contributed by atoms with Crippen LogP contribution in [-0.4, -0.2) is 88.4 Å². The van der Waals surface area contributed by atoms with Crippen molar-refractivity contribution in [3.8, 4) is 136 Å². The molecule has 0 N–H and O–H groups in total. The van der Waals surface area contributed by atoms with Crippen LogP contribution in [0, 0.1) is 0 Å². The quantitative estimate of drug-likeness (QED) is 0.110. The molecule has 0 bridgehead atoms. The van der Waals surface area contributed by atoms with E-state index >= 15 is 0 Å². The van der Waals surface area contributed by atoms with E-state index in [2.05, 4.69) is 461 Å². The molecule has 0 radical (unpaired) electrons. The summed E-state index contributed by atoms with van der Waals surface area (Å²) in [4.78, 5) is 46.1.